The molecule has 1 amide bonds. The third-order valence-electron chi connectivity index (χ3n) is 4.61. The number of carbonyl (C=O) groups is 1. The lowest BCUT2D eigenvalue weighted by Crippen LogP contribution is -2.48. The minimum Gasteiger partial charge on any atom is -0.361 e. The zero-order valence-corrected chi connectivity index (χ0v) is 16.8. The molecule has 0 radical (unpaired) electrons. The number of hydrogen-bond acceptors (Lipinski definition) is 4. The Morgan fingerprint density at radius 3 is 2.54 bits per heavy atom. The van der Waals surface area contributed by atoms with Gasteiger partial charge < -0.3 is 4.98 Å². The number of hydroxylamine groups is 2. The van der Waals surface area contributed by atoms with E-state index in [4.69, 9.17) is 4.84 Å². The number of H-pyrrole nitrogens is 1. The van der Waals surface area contributed by atoms with E-state index in [9.17, 15) is 13.2 Å². The van der Waals surface area contributed by atoms with Gasteiger partial charge in [-0.25, -0.2) is 13.5 Å². The molecule has 0 saturated heterocycles. The van der Waals surface area contributed by atoms with Crippen molar-refractivity contribution in [1.29, 1.82) is 0 Å². The van der Waals surface area contributed by atoms with E-state index >= 15 is 0 Å². The number of para-hydroxylation sites is 1. The molecular formula is C20H23N3O4S. The lowest BCUT2D eigenvalue weighted by Gasteiger charge is -2.22. The summed E-state index contributed by atoms with van der Waals surface area (Å²) in [6, 6.07) is 13.1. The third-order valence-corrected chi connectivity index (χ3v) is 6.10. The van der Waals surface area contributed by atoms with Crippen molar-refractivity contribution < 1.29 is 18.0 Å². The predicted octanol–water partition coefficient (Wildman–Crippen LogP) is 2.39. The van der Waals surface area contributed by atoms with E-state index in [2.05, 4.69) is 9.71 Å². The number of sulfonamides is 1. The van der Waals surface area contributed by atoms with E-state index in [1.165, 1.54) is 26.3 Å². The SMILES string of the molecule is CON(C)C(=O)[C@H](Cc1c[nH]c2ccccc12)NS(=O)(=O)c1ccc(C)cc1. The summed E-state index contributed by atoms with van der Waals surface area (Å²) >= 11 is 0. The van der Waals surface area contributed by atoms with Gasteiger partial charge in [0.25, 0.3) is 5.91 Å². The molecule has 0 fully saturated rings. The molecule has 0 saturated carbocycles. The first kappa shape index (κ1) is 20.1. The van der Waals surface area contributed by atoms with E-state index in [0.717, 1.165) is 27.1 Å². The van der Waals surface area contributed by atoms with Gasteiger partial charge in [0.1, 0.15) is 6.04 Å². The van der Waals surface area contributed by atoms with Crippen molar-refractivity contribution in [3.05, 3.63) is 65.9 Å². The molecule has 2 N–H and O–H groups in total. The fourth-order valence-corrected chi connectivity index (χ4v) is 4.17. The van der Waals surface area contributed by atoms with Crippen LogP contribution in [0.5, 0.6) is 0 Å². The highest BCUT2D eigenvalue weighted by Gasteiger charge is 2.29. The van der Waals surface area contributed by atoms with Crippen molar-refractivity contribution in [2.24, 2.45) is 0 Å². The maximum absolute atomic E-state index is 12.8. The van der Waals surface area contributed by atoms with Crippen molar-refractivity contribution in [2.75, 3.05) is 14.2 Å². The van der Waals surface area contributed by atoms with Gasteiger partial charge in [0.15, 0.2) is 0 Å². The van der Waals surface area contributed by atoms with Crippen LogP contribution in [0.3, 0.4) is 0 Å². The molecule has 28 heavy (non-hydrogen) atoms. The van der Waals surface area contributed by atoms with Crippen molar-refractivity contribution >= 4 is 26.8 Å². The molecule has 0 aliphatic heterocycles. The highest BCUT2D eigenvalue weighted by atomic mass is 32.2. The van der Waals surface area contributed by atoms with Crippen LogP contribution < -0.4 is 4.72 Å². The number of benzene rings is 2. The van der Waals surface area contributed by atoms with E-state index in [1.54, 1.807) is 18.3 Å². The van der Waals surface area contributed by atoms with Crippen LogP contribution in [0.2, 0.25) is 0 Å². The first-order valence-corrected chi connectivity index (χ1v) is 10.3. The summed E-state index contributed by atoms with van der Waals surface area (Å²) in [5, 5.41) is 1.96. The van der Waals surface area contributed by atoms with Crippen LogP contribution in [-0.4, -0.2) is 44.6 Å². The molecule has 0 bridgehead atoms. The minimum absolute atomic E-state index is 0.106. The summed E-state index contributed by atoms with van der Waals surface area (Å²) in [6.45, 7) is 1.88. The predicted molar refractivity (Wildman–Crippen MR) is 107 cm³/mol. The summed E-state index contributed by atoms with van der Waals surface area (Å²) in [6.07, 6.45) is 1.97. The normalized spacial score (nSPS) is 12.8. The highest BCUT2D eigenvalue weighted by molar-refractivity contribution is 7.89. The van der Waals surface area contributed by atoms with E-state index in [0.29, 0.717) is 0 Å². The molecule has 1 heterocycles. The van der Waals surface area contributed by atoms with Crippen LogP contribution >= 0.6 is 0 Å². The van der Waals surface area contributed by atoms with Crippen LogP contribution in [0.1, 0.15) is 11.1 Å². The van der Waals surface area contributed by atoms with Crippen LogP contribution in [-0.2, 0) is 26.1 Å². The standard InChI is InChI=1S/C20H23N3O4S/c1-14-8-10-16(11-9-14)28(25,26)22-19(20(24)23(2)27-3)12-15-13-21-18-7-5-4-6-17(15)18/h4-11,13,19,21-22H,12H2,1-3H3/t19-/m0/s1. The molecule has 0 unspecified atom stereocenters. The number of hydrogen-bond donors (Lipinski definition) is 2. The second-order valence-electron chi connectivity index (χ2n) is 6.57. The van der Waals surface area contributed by atoms with Crippen LogP contribution in [0.25, 0.3) is 10.9 Å². The number of aryl methyl sites for hydroxylation is 1. The van der Waals surface area contributed by atoms with Crippen molar-refractivity contribution in [1.82, 2.24) is 14.8 Å². The first-order valence-electron chi connectivity index (χ1n) is 8.77. The van der Waals surface area contributed by atoms with E-state index in [1.807, 2.05) is 31.2 Å². The summed E-state index contributed by atoms with van der Waals surface area (Å²) in [7, 11) is -1.08. The number of carbonyl (C=O) groups excluding carboxylic acids is 1. The number of nitrogens with one attached hydrogen (secondary N) is 2. The molecule has 3 aromatic rings. The molecular weight excluding hydrogens is 378 g/mol. The summed E-state index contributed by atoms with van der Waals surface area (Å²) < 4.78 is 28.2. The van der Waals surface area contributed by atoms with Gasteiger partial charge in [-0.3, -0.25) is 9.63 Å². The second kappa shape index (κ2) is 8.14. The van der Waals surface area contributed by atoms with E-state index in [-0.39, 0.29) is 11.3 Å². The lowest BCUT2D eigenvalue weighted by atomic mass is 10.1. The third kappa shape index (κ3) is 4.24. The van der Waals surface area contributed by atoms with Crippen molar-refractivity contribution in [3.8, 4) is 0 Å². The smallest absolute Gasteiger partial charge is 0.264 e. The molecule has 0 spiro atoms. The highest BCUT2D eigenvalue weighted by Crippen LogP contribution is 2.20. The summed E-state index contributed by atoms with van der Waals surface area (Å²) in [5.41, 5.74) is 2.71. The summed E-state index contributed by atoms with van der Waals surface area (Å²) in [5.74, 6) is -0.483. The van der Waals surface area contributed by atoms with Crippen molar-refractivity contribution in [3.63, 3.8) is 0 Å². The van der Waals surface area contributed by atoms with Crippen molar-refractivity contribution in [2.45, 2.75) is 24.3 Å². The fraction of sp³-hybridized carbons (Fsp3) is 0.250. The fourth-order valence-electron chi connectivity index (χ4n) is 2.98. The average Bonchev–Trinajstić information content (AvgIpc) is 3.09. The molecule has 1 atom stereocenters. The number of fused-ring (bicyclic) bond motifs is 1. The molecule has 0 aliphatic rings. The molecule has 8 heteroatoms. The molecule has 0 aliphatic carbocycles. The number of aromatic amines is 1. The van der Waals surface area contributed by atoms with Gasteiger partial charge in [-0.05, 0) is 37.1 Å². The van der Waals surface area contributed by atoms with E-state index < -0.39 is 22.0 Å². The average molecular weight is 401 g/mol. The molecule has 1 aromatic heterocycles. The monoisotopic (exact) mass is 401 g/mol. The zero-order chi connectivity index (χ0) is 20.3. The number of rotatable bonds is 7. The Bertz CT molecular complexity index is 1070. The van der Waals surface area contributed by atoms with Gasteiger partial charge in [0.05, 0.1) is 12.0 Å². The number of amides is 1. The maximum Gasteiger partial charge on any atom is 0.264 e. The van der Waals surface area contributed by atoms with Crippen LogP contribution in [0.15, 0.2) is 59.6 Å². The summed E-state index contributed by atoms with van der Waals surface area (Å²) in [4.78, 5) is 21.0. The lowest BCUT2D eigenvalue weighted by molar-refractivity contribution is -0.170. The van der Waals surface area contributed by atoms with Crippen LogP contribution in [0.4, 0.5) is 0 Å². The molecule has 2 aromatic carbocycles. The first-order chi connectivity index (χ1) is 13.3. The quantitative estimate of drug-likeness (QED) is 0.595. The Kier molecular flexibility index (Phi) is 5.83. The Balaban J connectivity index is 1.93. The number of nitrogens with zero attached hydrogens (tertiary/aromatic N) is 1. The van der Waals surface area contributed by atoms with Crippen LogP contribution in [0, 0.1) is 6.92 Å². The zero-order valence-electron chi connectivity index (χ0n) is 16.0. The molecule has 3 rings (SSSR count). The van der Waals surface area contributed by atoms with Gasteiger partial charge in [0.2, 0.25) is 10.0 Å². The second-order valence-corrected chi connectivity index (χ2v) is 8.28. The van der Waals surface area contributed by atoms with Gasteiger partial charge in [-0.2, -0.15) is 4.72 Å². The Labute approximate surface area is 164 Å². The van der Waals surface area contributed by atoms with Gasteiger partial charge in [-0.1, -0.05) is 35.9 Å². The molecule has 148 valence electrons. The Morgan fingerprint density at radius 2 is 1.86 bits per heavy atom. The number of aromatic nitrogens is 1. The number of likely N-dealkylation sites (N-methyl/N-ethyl adjacent to an activating group) is 1. The minimum atomic E-state index is -3.88. The Morgan fingerprint density at radius 1 is 1.18 bits per heavy atom. The Hall–Kier alpha value is -2.68. The van der Waals surface area contributed by atoms with Gasteiger partial charge >= 0.3 is 0 Å². The topological polar surface area (TPSA) is 91.5 Å². The largest absolute Gasteiger partial charge is 0.361 e. The van der Waals surface area contributed by atoms with Gasteiger partial charge in [-0.15, -0.1) is 0 Å². The molecule has 7 nitrogen and oxygen atoms in total. The van der Waals surface area contributed by atoms with Gasteiger partial charge in [0, 0.05) is 24.1 Å². The maximum atomic E-state index is 12.8.